The summed E-state index contributed by atoms with van der Waals surface area (Å²) in [6.45, 7) is 0.397. The van der Waals surface area contributed by atoms with Crippen LogP contribution in [-0.4, -0.2) is 26.8 Å². The molecule has 1 fully saturated rings. The van der Waals surface area contributed by atoms with Gasteiger partial charge in [-0.2, -0.15) is 5.10 Å². The average molecular weight is 251 g/mol. The van der Waals surface area contributed by atoms with Gasteiger partial charge in [-0.3, -0.25) is 14.3 Å². The molecule has 1 aromatic heterocycles. The van der Waals surface area contributed by atoms with Crippen molar-refractivity contribution in [2.45, 2.75) is 25.8 Å². The van der Waals surface area contributed by atoms with Crippen molar-refractivity contribution in [1.82, 2.24) is 15.1 Å². The number of carbonyl (C=O) groups is 2. The number of rotatable bonds is 4. The molecule has 18 heavy (non-hydrogen) atoms. The van der Waals surface area contributed by atoms with Gasteiger partial charge in [0.15, 0.2) is 0 Å². The molecule has 1 aliphatic carbocycles. The SMILES string of the molecule is Cn1ccc(CNC(=O)[C@@H]2CC[C@H](C(=O)O)C2)n1. The van der Waals surface area contributed by atoms with E-state index in [1.807, 2.05) is 19.3 Å². The highest BCUT2D eigenvalue weighted by atomic mass is 16.4. The summed E-state index contributed by atoms with van der Waals surface area (Å²) in [5.41, 5.74) is 0.804. The quantitative estimate of drug-likeness (QED) is 0.818. The van der Waals surface area contributed by atoms with Crippen molar-refractivity contribution in [3.63, 3.8) is 0 Å². The van der Waals surface area contributed by atoms with Crippen molar-refractivity contribution in [3.8, 4) is 0 Å². The number of nitrogens with zero attached hydrogens (tertiary/aromatic N) is 2. The molecule has 2 rings (SSSR count). The maximum atomic E-state index is 11.9. The zero-order valence-corrected chi connectivity index (χ0v) is 10.3. The molecule has 0 spiro atoms. The van der Waals surface area contributed by atoms with Gasteiger partial charge in [0, 0.05) is 19.2 Å². The first-order valence-corrected chi connectivity index (χ1v) is 6.05. The van der Waals surface area contributed by atoms with Crippen LogP contribution in [0.3, 0.4) is 0 Å². The van der Waals surface area contributed by atoms with Crippen molar-refractivity contribution in [2.75, 3.05) is 0 Å². The van der Waals surface area contributed by atoms with Gasteiger partial charge in [-0.15, -0.1) is 0 Å². The number of carboxylic acids is 1. The van der Waals surface area contributed by atoms with E-state index in [9.17, 15) is 9.59 Å². The number of nitrogens with one attached hydrogen (secondary N) is 1. The monoisotopic (exact) mass is 251 g/mol. The predicted octanol–water partition coefficient (Wildman–Crippen LogP) is 0.537. The number of carboxylic acid groups (broad SMARTS) is 1. The molecule has 1 aliphatic rings. The Hall–Kier alpha value is -1.85. The van der Waals surface area contributed by atoms with E-state index >= 15 is 0 Å². The van der Waals surface area contributed by atoms with E-state index in [4.69, 9.17) is 5.11 Å². The van der Waals surface area contributed by atoms with E-state index in [1.54, 1.807) is 4.68 Å². The van der Waals surface area contributed by atoms with Crippen LogP contribution in [-0.2, 0) is 23.2 Å². The lowest BCUT2D eigenvalue weighted by molar-refractivity contribution is -0.141. The number of carbonyl (C=O) groups excluding carboxylic acids is 1. The second-order valence-corrected chi connectivity index (χ2v) is 4.74. The number of hydrogen-bond acceptors (Lipinski definition) is 3. The molecule has 2 N–H and O–H groups in total. The Kier molecular flexibility index (Phi) is 3.64. The fourth-order valence-corrected chi connectivity index (χ4v) is 2.32. The van der Waals surface area contributed by atoms with Gasteiger partial charge in [-0.25, -0.2) is 0 Å². The summed E-state index contributed by atoms with van der Waals surface area (Å²) in [6, 6.07) is 1.84. The maximum Gasteiger partial charge on any atom is 0.306 e. The molecule has 0 saturated heterocycles. The Balaban J connectivity index is 1.80. The van der Waals surface area contributed by atoms with E-state index in [-0.39, 0.29) is 17.7 Å². The van der Waals surface area contributed by atoms with E-state index in [2.05, 4.69) is 10.4 Å². The minimum Gasteiger partial charge on any atom is -0.481 e. The summed E-state index contributed by atoms with van der Waals surface area (Å²) in [4.78, 5) is 22.7. The lowest BCUT2D eigenvalue weighted by atomic mass is 10.0. The lowest BCUT2D eigenvalue weighted by Gasteiger charge is -2.09. The van der Waals surface area contributed by atoms with E-state index in [1.165, 1.54) is 0 Å². The second-order valence-electron chi connectivity index (χ2n) is 4.74. The molecule has 0 radical (unpaired) electrons. The van der Waals surface area contributed by atoms with Crippen molar-refractivity contribution >= 4 is 11.9 Å². The number of aliphatic carboxylic acids is 1. The normalized spacial score (nSPS) is 22.9. The minimum absolute atomic E-state index is 0.0654. The zero-order chi connectivity index (χ0) is 13.1. The molecule has 0 unspecified atom stereocenters. The molecule has 1 amide bonds. The average Bonchev–Trinajstić information content (AvgIpc) is 2.94. The molecule has 98 valence electrons. The standard InChI is InChI=1S/C12H17N3O3/c1-15-5-4-10(14-15)7-13-11(16)8-2-3-9(6-8)12(17)18/h4-5,8-9H,2-3,6-7H2,1H3,(H,13,16)(H,17,18)/t8-,9+/m1/s1. The Morgan fingerprint density at radius 3 is 2.78 bits per heavy atom. The molecule has 0 aliphatic heterocycles. The van der Waals surface area contributed by atoms with Gasteiger partial charge in [0.25, 0.3) is 0 Å². The van der Waals surface area contributed by atoms with Crippen LogP contribution in [0, 0.1) is 11.8 Å². The third-order valence-corrected chi connectivity index (χ3v) is 3.37. The van der Waals surface area contributed by atoms with Crippen LogP contribution in [0.2, 0.25) is 0 Å². The van der Waals surface area contributed by atoms with Gasteiger partial charge in [0.2, 0.25) is 5.91 Å². The molecule has 1 saturated carbocycles. The second kappa shape index (κ2) is 5.20. The summed E-state index contributed by atoms with van der Waals surface area (Å²) < 4.78 is 1.68. The minimum atomic E-state index is -0.796. The van der Waals surface area contributed by atoms with Crippen molar-refractivity contribution in [2.24, 2.45) is 18.9 Å². The van der Waals surface area contributed by atoms with Crippen molar-refractivity contribution < 1.29 is 14.7 Å². The van der Waals surface area contributed by atoms with Crippen LogP contribution >= 0.6 is 0 Å². The smallest absolute Gasteiger partial charge is 0.306 e. The van der Waals surface area contributed by atoms with Crippen molar-refractivity contribution in [1.29, 1.82) is 0 Å². The number of aromatic nitrogens is 2. The van der Waals surface area contributed by atoms with Crippen LogP contribution in [0.15, 0.2) is 12.3 Å². The summed E-state index contributed by atoms with van der Waals surface area (Å²) in [7, 11) is 1.82. The van der Waals surface area contributed by atoms with Gasteiger partial charge >= 0.3 is 5.97 Å². The molecule has 0 bridgehead atoms. The largest absolute Gasteiger partial charge is 0.481 e. The van der Waals surface area contributed by atoms with Crippen LogP contribution in [0.25, 0.3) is 0 Å². The van der Waals surface area contributed by atoms with Gasteiger partial charge in [0.1, 0.15) is 0 Å². The van der Waals surface area contributed by atoms with E-state index in [0.717, 1.165) is 5.69 Å². The van der Waals surface area contributed by atoms with Gasteiger partial charge < -0.3 is 10.4 Å². The maximum absolute atomic E-state index is 11.9. The summed E-state index contributed by atoms with van der Waals surface area (Å²) >= 11 is 0. The highest BCUT2D eigenvalue weighted by Crippen LogP contribution is 2.31. The van der Waals surface area contributed by atoms with Gasteiger partial charge in [-0.05, 0) is 25.3 Å². The Bertz CT molecular complexity index is 455. The molecule has 0 aromatic carbocycles. The van der Waals surface area contributed by atoms with Crippen LogP contribution in [0.4, 0.5) is 0 Å². The van der Waals surface area contributed by atoms with Gasteiger partial charge in [0.05, 0.1) is 18.2 Å². The van der Waals surface area contributed by atoms with Crippen LogP contribution < -0.4 is 5.32 Å². The molecular weight excluding hydrogens is 234 g/mol. The van der Waals surface area contributed by atoms with E-state index < -0.39 is 5.97 Å². The number of hydrogen-bond donors (Lipinski definition) is 2. The summed E-state index contributed by atoms with van der Waals surface area (Å²) in [5, 5.41) is 15.8. The molecule has 2 atom stereocenters. The molecule has 1 heterocycles. The van der Waals surface area contributed by atoms with Crippen molar-refractivity contribution in [3.05, 3.63) is 18.0 Å². The summed E-state index contributed by atoms with van der Waals surface area (Å²) in [6.07, 6.45) is 3.52. The first-order chi connectivity index (χ1) is 8.56. The molecule has 6 nitrogen and oxygen atoms in total. The Morgan fingerprint density at radius 1 is 1.50 bits per heavy atom. The highest BCUT2D eigenvalue weighted by Gasteiger charge is 2.33. The predicted molar refractivity (Wildman–Crippen MR) is 63.5 cm³/mol. The fourth-order valence-electron chi connectivity index (χ4n) is 2.32. The zero-order valence-electron chi connectivity index (χ0n) is 10.3. The first-order valence-electron chi connectivity index (χ1n) is 6.05. The fraction of sp³-hybridized carbons (Fsp3) is 0.583. The lowest BCUT2D eigenvalue weighted by Crippen LogP contribution is -2.29. The summed E-state index contributed by atoms with van der Waals surface area (Å²) in [5.74, 6) is -1.40. The van der Waals surface area contributed by atoms with E-state index in [0.29, 0.717) is 25.8 Å². The van der Waals surface area contributed by atoms with Crippen LogP contribution in [0.1, 0.15) is 25.0 Å². The third kappa shape index (κ3) is 2.88. The third-order valence-electron chi connectivity index (χ3n) is 3.37. The first kappa shape index (κ1) is 12.6. The highest BCUT2D eigenvalue weighted by molar-refractivity contribution is 5.80. The number of amides is 1. The Morgan fingerprint density at radius 2 is 2.22 bits per heavy atom. The topological polar surface area (TPSA) is 84.2 Å². The molecule has 6 heteroatoms. The molecule has 1 aromatic rings. The van der Waals surface area contributed by atoms with Crippen LogP contribution in [0.5, 0.6) is 0 Å². The molecular formula is C12H17N3O3. The van der Waals surface area contributed by atoms with Gasteiger partial charge in [-0.1, -0.05) is 0 Å². The number of aryl methyl sites for hydroxylation is 1. The Labute approximate surface area is 105 Å².